The summed E-state index contributed by atoms with van der Waals surface area (Å²) in [5.74, 6) is -1.04. The first kappa shape index (κ1) is 18.6. The molecule has 0 atom stereocenters. The molecule has 1 aliphatic heterocycles. The van der Waals surface area contributed by atoms with Crippen molar-refractivity contribution in [2.75, 3.05) is 12.4 Å². The lowest BCUT2D eigenvalue weighted by atomic mass is 10.1. The molecule has 0 saturated carbocycles. The van der Waals surface area contributed by atoms with Crippen molar-refractivity contribution >= 4 is 40.8 Å². The van der Waals surface area contributed by atoms with Gasteiger partial charge in [-0.05, 0) is 29.3 Å². The van der Waals surface area contributed by atoms with Gasteiger partial charge in [0, 0.05) is 10.8 Å². The van der Waals surface area contributed by atoms with Crippen molar-refractivity contribution in [2.45, 2.75) is 6.54 Å². The molecule has 0 aromatic heterocycles. The molecule has 2 aromatic carbocycles. The molecule has 2 amide bonds. The second-order valence-corrected chi connectivity index (χ2v) is 7.08. The Morgan fingerprint density at radius 2 is 1.73 bits per heavy atom. The van der Waals surface area contributed by atoms with Crippen LogP contribution in [0.3, 0.4) is 0 Å². The van der Waals surface area contributed by atoms with E-state index in [4.69, 9.17) is 16.7 Å². The van der Waals surface area contributed by atoms with Gasteiger partial charge in [0.05, 0.1) is 23.6 Å². The summed E-state index contributed by atoms with van der Waals surface area (Å²) in [7, 11) is 0. The van der Waals surface area contributed by atoms with E-state index in [9.17, 15) is 14.0 Å². The highest BCUT2D eigenvalue weighted by Gasteiger charge is 2.39. The first-order chi connectivity index (χ1) is 12.5. The number of halogens is 2. The predicted octanol–water partition coefficient (Wildman–Crippen LogP) is 3.48. The van der Waals surface area contributed by atoms with Gasteiger partial charge in [-0.2, -0.15) is 0 Å². The highest BCUT2D eigenvalue weighted by Crippen LogP contribution is 2.37. The lowest BCUT2D eigenvalue weighted by Crippen LogP contribution is -2.31. The van der Waals surface area contributed by atoms with Crippen molar-refractivity contribution in [3.63, 3.8) is 0 Å². The van der Waals surface area contributed by atoms with E-state index in [2.05, 4.69) is 0 Å². The van der Waals surface area contributed by atoms with Gasteiger partial charge in [0.15, 0.2) is 0 Å². The van der Waals surface area contributed by atoms with E-state index in [1.165, 1.54) is 24.3 Å². The second-order valence-electron chi connectivity index (χ2n) is 5.57. The van der Waals surface area contributed by atoms with E-state index in [0.29, 0.717) is 16.1 Å². The molecular weight excluding hydrogens is 377 g/mol. The number of rotatable bonds is 6. The normalized spacial score (nSPS) is 14.5. The Balaban J connectivity index is 1.97. The lowest BCUT2D eigenvalue weighted by Gasteiger charge is -2.16. The van der Waals surface area contributed by atoms with Crippen molar-refractivity contribution in [2.24, 2.45) is 0 Å². The number of nitrogens with zero attached hydrogens (tertiary/aromatic N) is 1. The van der Waals surface area contributed by atoms with Gasteiger partial charge in [-0.3, -0.25) is 14.5 Å². The Labute approximate surface area is 159 Å². The van der Waals surface area contributed by atoms with Crippen LogP contribution in [0.15, 0.2) is 53.4 Å². The van der Waals surface area contributed by atoms with Crippen LogP contribution in [-0.4, -0.2) is 34.2 Å². The van der Waals surface area contributed by atoms with Crippen LogP contribution in [-0.2, 0) is 16.1 Å². The Morgan fingerprint density at radius 3 is 2.38 bits per heavy atom. The molecule has 4 nitrogen and oxygen atoms in total. The summed E-state index contributed by atoms with van der Waals surface area (Å²) in [4.78, 5) is 27.1. The molecule has 3 rings (SSSR count). The zero-order valence-electron chi connectivity index (χ0n) is 13.6. The maximum absolute atomic E-state index is 13.2. The fourth-order valence-corrected chi connectivity index (χ4v) is 3.72. The highest BCUT2D eigenvalue weighted by molar-refractivity contribution is 8.04. The number of aliphatic hydroxyl groups excluding tert-OH is 1. The molecule has 0 fully saturated rings. The predicted molar refractivity (Wildman–Crippen MR) is 99.9 cm³/mol. The molecule has 0 aliphatic carbocycles. The van der Waals surface area contributed by atoms with E-state index in [-0.39, 0.29) is 29.4 Å². The van der Waals surface area contributed by atoms with Crippen LogP contribution < -0.4 is 0 Å². The van der Waals surface area contributed by atoms with Gasteiger partial charge in [-0.25, -0.2) is 4.39 Å². The number of thioether (sulfide) groups is 1. The molecule has 1 N–H and O–H groups in total. The third kappa shape index (κ3) is 3.67. The van der Waals surface area contributed by atoms with Gasteiger partial charge in [0.1, 0.15) is 5.82 Å². The zero-order valence-corrected chi connectivity index (χ0v) is 15.2. The molecule has 2 aromatic rings. The largest absolute Gasteiger partial charge is 0.396 e. The van der Waals surface area contributed by atoms with Crippen molar-refractivity contribution < 1.29 is 19.1 Å². The number of hydrogen-bond acceptors (Lipinski definition) is 4. The van der Waals surface area contributed by atoms with Crippen molar-refractivity contribution in [3.8, 4) is 0 Å². The zero-order chi connectivity index (χ0) is 18.7. The molecule has 0 spiro atoms. The van der Waals surface area contributed by atoms with E-state index in [1.807, 2.05) is 0 Å². The minimum absolute atomic E-state index is 0.0468. The fourth-order valence-electron chi connectivity index (χ4n) is 2.65. The number of aliphatic hydroxyl groups is 1. The Morgan fingerprint density at radius 1 is 1.04 bits per heavy atom. The summed E-state index contributed by atoms with van der Waals surface area (Å²) in [5, 5.41) is 9.55. The maximum atomic E-state index is 13.2. The van der Waals surface area contributed by atoms with E-state index in [1.54, 1.807) is 24.3 Å². The molecule has 0 bridgehead atoms. The van der Waals surface area contributed by atoms with Gasteiger partial charge in [-0.15, -0.1) is 11.8 Å². The van der Waals surface area contributed by atoms with Crippen LogP contribution in [0.25, 0.3) is 5.57 Å². The van der Waals surface area contributed by atoms with Crippen LogP contribution >= 0.6 is 23.4 Å². The van der Waals surface area contributed by atoms with Gasteiger partial charge in [-0.1, -0.05) is 41.9 Å². The number of imide groups is 1. The molecule has 0 radical (unpaired) electrons. The monoisotopic (exact) mass is 391 g/mol. The number of carbonyl (C=O) groups is 2. The first-order valence-corrected chi connectivity index (χ1v) is 9.22. The van der Waals surface area contributed by atoms with E-state index >= 15 is 0 Å². The summed E-state index contributed by atoms with van der Waals surface area (Å²) in [6.07, 6.45) is 0. The Hall–Kier alpha value is -2.15. The summed E-state index contributed by atoms with van der Waals surface area (Å²) in [6, 6.07) is 12.4. The third-order valence-electron chi connectivity index (χ3n) is 3.88. The van der Waals surface area contributed by atoms with E-state index in [0.717, 1.165) is 16.7 Å². The maximum Gasteiger partial charge on any atom is 0.268 e. The van der Waals surface area contributed by atoms with Gasteiger partial charge in [0.2, 0.25) is 0 Å². The van der Waals surface area contributed by atoms with Gasteiger partial charge < -0.3 is 5.11 Å². The number of benzene rings is 2. The topological polar surface area (TPSA) is 57.6 Å². The second kappa shape index (κ2) is 8.03. The van der Waals surface area contributed by atoms with Crippen molar-refractivity contribution in [3.05, 3.63) is 75.4 Å². The summed E-state index contributed by atoms with van der Waals surface area (Å²) in [5.41, 5.74) is 1.34. The van der Waals surface area contributed by atoms with Crippen LogP contribution in [0.5, 0.6) is 0 Å². The summed E-state index contributed by atoms with van der Waals surface area (Å²) < 4.78 is 13.2. The molecule has 1 aliphatic rings. The molecular formula is C19H15ClFNO3S. The van der Waals surface area contributed by atoms with Gasteiger partial charge >= 0.3 is 0 Å². The quantitative estimate of drug-likeness (QED) is 0.766. The third-order valence-corrected chi connectivity index (χ3v) is 5.31. The Bertz CT molecular complexity index is 883. The van der Waals surface area contributed by atoms with Crippen LogP contribution in [0.2, 0.25) is 5.02 Å². The van der Waals surface area contributed by atoms with Crippen molar-refractivity contribution in [1.82, 2.24) is 4.90 Å². The fraction of sp³-hybridized carbons (Fsp3) is 0.158. The minimum Gasteiger partial charge on any atom is -0.396 e. The SMILES string of the molecule is O=C1C(SCCO)=C(c2ccc(F)cc2)C(=O)N1Cc1ccccc1Cl. The van der Waals surface area contributed by atoms with Crippen molar-refractivity contribution in [1.29, 1.82) is 0 Å². The number of amides is 2. The summed E-state index contributed by atoms with van der Waals surface area (Å²) >= 11 is 7.26. The highest BCUT2D eigenvalue weighted by atomic mass is 35.5. The van der Waals surface area contributed by atoms with E-state index < -0.39 is 17.6 Å². The van der Waals surface area contributed by atoms with Crippen LogP contribution in [0.1, 0.15) is 11.1 Å². The molecule has 134 valence electrons. The lowest BCUT2D eigenvalue weighted by molar-refractivity contribution is -0.137. The average molecular weight is 392 g/mol. The first-order valence-electron chi connectivity index (χ1n) is 7.86. The molecule has 0 saturated heterocycles. The number of carbonyl (C=O) groups excluding carboxylic acids is 2. The number of hydrogen-bond donors (Lipinski definition) is 1. The molecule has 1 heterocycles. The Kier molecular flexibility index (Phi) is 5.76. The van der Waals surface area contributed by atoms with Crippen LogP contribution in [0.4, 0.5) is 4.39 Å². The minimum atomic E-state index is -0.457. The average Bonchev–Trinajstić information content (AvgIpc) is 2.86. The molecule has 0 unspecified atom stereocenters. The smallest absolute Gasteiger partial charge is 0.268 e. The molecule has 7 heteroatoms. The van der Waals surface area contributed by atoms with Crippen LogP contribution in [0, 0.1) is 5.82 Å². The van der Waals surface area contributed by atoms with Gasteiger partial charge in [0.25, 0.3) is 11.8 Å². The summed E-state index contributed by atoms with van der Waals surface area (Å²) in [6.45, 7) is -0.0813. The standard InChI is InChI=1S/C19H15ClFNO3S/c20-15-4-2-1-3-13(15)11-22-18(24)16(12-5-7-14(21)8-6-12)17(19(22)25)26-10-9-23/h1-8,23H,9-11H2. The molecule has 26 heavy (non-hydrogen) atoms.